The lowest BCUT2D eigenvalue weighted by molar-refractivity contribution is -0.871. The van der Waals surface area contributed by atoms with E-state index in [1.54, 1.807) is 0 Å². The Balaban J connectivity index is 2.24. The number of hydrogen-bond donors (Lipinski definition) is 1. The van der Waals surface area contributed by atoms with Gasteiger partial charge >= 0.3 is 0 Å². The molecule has 2 aromatic carbocycles. The second kappa shape index (κ2) is 6.21. The normalized spacial score (nSPS) is 13.2. The summed E-state index contributed by atoms with van der Waals surface area (Å²) in [5, 5.41) is 10.5. The molecule has 0 saturated heterocycles. The first-order valence-corrected chi connectivity index (χ1v) is 7.10. The predicted molar refractivity (Wildman–Crippen MR) is 84.4 cm³/mol. The molecule has 1 unspecified atom stereocenters. The zero-order valence-corrected chi connectivity index (χ0v) is 12.6. The molecule has 2 rings (SSSR count). The zero-order chi connectivity index (χ0) is 14.6. The number of rotatable bonds is 5. The average molecular weight is 270 g/mol. The third-order valence-corrected chi connectivity index (χ3v) is 3.48. The van der Waals surface area contributed by atoms with E-state index in [1.807, 2.05) is 36.4 Å². The quantitative estimate of drug-likeness (QED) is 0.825. The first-order chi connectivity index (χ1) is 9.47. The van der Waals surface area contributed by atoms with E-state index in [0.29, 0.717) is 0 Å². The van der Waals surface area contributed by atoms with Crippen molar-refractivity contribution < 1.29 is 9.59 Å². The van der Waals surface area contributed by atoms with Crippen LogP contribution in [0.15, 0.2) is 54.6 Å². The molecule has 0 aromatic heterocycles. The van der Waals surface area contributed by atoms with Crippen molar-refractivity contribution in [1.82, 2.24) is 0 Å². The Bertz CT molecular complexity index is 543. The Labute approximate surface area is 121 Å². The van der Waals surface area contributed by atoms with Crippen LogP contribution in [0.5, 0.6) is 0 Å². The molecule has 0 aliphatic carbocycles. The van der Waals surface area contributed by atoms with Gasteiger partial charge in [-0.1, -0.05) is 54.6 Å². The standard InChI is InChI=1S/C18H24NO/c1-19(2,3)14-13-18(20)17-12-8-7-11-16(17)15-9-5-4-6-10-15/h4-12,18,20H,13-14H2,1-3H3/q+1. The molecular formula is C18H24NO+. The summed E-state index contributed by atoms with van der Waals surface area (Å²) >= 11 is 0. The van der Waals surface area contributed by atoms with Crippen LogP contribution >= 0.6 is 0 Å². The maximum Gasteiger partial charge on any atom is 0.0849 e. The van der Waals surface area contributed by atoms with E-state index < -0.39 is 6.10 Å². The van der Waals surface area contributed by atoms with Crippen molar-refractivity contribution in [3.63, 3.8) is 0 Å². The van der Waals surface area contributed by atoms with Crippen molar-refractivity contribution in [2.24, 2.45) is 0 Å². The molecule has 0 bridgehead atoms. The molecule has 1 atom stereocenters. The largest absolute Gasteiger partial charge is 0.388 e. The second-order valence-electron chi connectivity index (χ2n) is 6.27. The molecular weight excluding hydrogens is 246 g/mol. The Morgan fingerprint density at radius 1 is 0.900 bits per heavy atom. The van der Waals surface area contributed by atoms with Gasteiger partial charge in [-0.15, -0.1) is 0 Å². The first kappa shape index (κ1) is 14.8. The Morgan fingerprint density at radius 3 is 2.15 bits per heavy atom. The minimum absolute atomic E-state index is 0.413. The molecule has 20 heavy (non-hydrogen) atoms. The lowest BCUT2D eigenvalue weighted by Crippen LogP contribution is -2.36. The van der Waals surface area contributed by atoms with Gasteiger partial charge in [0.05, 0.1) is 33.8 Å². The number of hydrogen-bond acceptors (Lipinski definition) is 1. The minimum Gasteiger partial charge on any atom is -0.388 e. The molecule has 2 aromatic rings. The molecule has 0 spiro atoms. The van der Waals surface area contributed by atoms with E-state index in [1.165, 1.54) is 0 Å². The van der Waals surface area contributed by atoms with Gasteiger partial charge < -0.3 is 9.59 Å². The summed E-state index contributed by atoms with van der Waals surface area (Å²) in [6.45, 7) is 0.949. The summed E-state index contributed by atoms with van der Waals surface area (Å²) in [5.74, 6) is 0. The lowest BCUT2D eigenvalue weighted by atomic mass is 9.95. The van der Waals surface area contributed by atoms with E-state index >= 15 is 0 Å². The molecule has 2 nitrogen and oxygen atoms in total. The Morgan fingerprint density at radius 2 is 1.50 bits per heavy atom. The van der Waals surface area contributed by atoms with Crippen LogP contribution in [-0.4, -0.2) is 37.3 Å². The fourth-order valence-electron chi connectivity index (χ4n) is 2.33. The summed E-state index contributed by atoms with van der Waals surface area (Å²) in [6.07, 6.45) is 0.358. The van der Waals surface area contributed by atoms with E-state index in [9.17, 15) is 5.11 Å². The van der Waals surface area contributed by atoms with Gasteiger partial charge in [0.15, 0.2) is 0 Å². The molecule has 106 valence electrons. The van der Waals surface area contributed by atoms with E-state index in [2.05, 4.69) is 39.3 Å². The van der Waals surface area contributed by atoms with Gasteiger partial charge in [-0.05, 0) is 16.7 Å². The number of aliphatic hydroxyl groups excluding tert-OH is 1. The fraction of sp³-hybridized carbons (Fsp3) is 0.333. The molecule has 0 radical (unpaired) electrons. The number of benzene rings is 2. The molecule has 0 aliphatic rings. The summed E-state index contributed by atoms with van der Waals surface area (Å²) in [4.78, 5) is 0. The molecule has 2 heteroatoms. The van der Waals surface area contributed by atoms with Crippen molar-refractivity contribution in [1.29, 1.82) is 0 Å². The monoisotopic (exact) mass is 270 g/mol. The van der Waals surface area contributed by atoms with E-state index in [4.69, 9.17) is 0 Å². The van der Waals surface area contributed by atoms with Crippen LogP contribution in [0.2, 0.25) is 0 Å². The maximum atomic E-state index is 10.5. The van der Waals surface area contributed by atoms with E-state index in [-0.39, 0.29) is 0 Å². The molecule has 0 aliphatic heterocycles. The van der Waals surface area contributed by atoms with Gasteiger partial charge in [0.2, 0.25) is 0 Å². The van der Waals surface area contributed by atoms with Crippen molar-refractivity contribution in [2.45, 2.75) is 12.5 Å². The van der Waals surface area contributed by atoms with Crippen molar-refractivity contribution >= 4 is 0 Å². The van der Waals surface area contributed by atoms with Gasteiger partial charge in [0, 0.05) is 6.42 Å². The summed E-state index contributed by atoms with van der Waals surface area (Å²) in [5.41, 5.74) is 3.31. The van der Waals surface area contributed by atoms with Crippen LogP contribution in [0.4, 0.5) is 0 Å². The second-order valence-corrected chi connectivity index (χ2v) is 6.27. The number of nitrogens with zero attached hydrogens (tertiary/aromatic N) is 1. The molecule has 0 fully saturated rings. The van der Waals surface area contributed by atoms with Crippen LogP contribution in [-0.2, 0) is 0 Å². The zero-order valence-electron chi connectivity index (χ0n) is 12.6. The molecule has 0 heterocycles. The summed E-state index contributed by atoms with van der Waals surface area (Å²) in [7, 11) is 6.45. The lowest BCUT2D eigenvalue weighted by Gasteiger charge is -2.25. The molecule has 0 saturated carbocycles. The van der Waals surface area contributed by atoms with Crippen molar-refractivity contribution in [3.05, 3.63) is 60.2 Å². The van der Waals surface area contributed by atoms with Gasteiger partial charge in [-0.3, -0.25) is 0 Å². The van der Waals surface area contributed by atoms with Gasteiger partial charge in [-0.25, -0.2) is 0 Å². The predicted octanol–water partition coefficient (Wildman–Crippen LogP) is 3.48. The minimum atomic E-state index is -0.413. The Kier molecular flexibility index (Phi) is 4.58. The topological polar surface area (TPSA) is 20.2 Å². The highest BCUT2D eigenvalue weighted by Gasteiger charge is 2.16. The average Bonchev–Trinajstić information content (AvgIpc) is 2.45. The van der Waals surface area contributed by atoms with Crippen LogP contribution in [0.25, 0.3) is 11.1 Å². The highest BCUT2D eigenvalue weighted by Crippen LogP contribution is 2.29. The number of aliphatic hydroxyl groups is 1. The first-order valence-electron chi connectivity index (χ1n) is 7.10. The maximum absolute atomic E-state index is 10.5. The SMILES string of the molecule is C[N+](C)(C)CCC(O)c1ccccc1-c1ccccc1. The van der Waals surface area contributed by atoms with Gasteiger partial charge in [0.1, 0.15) is 0 Å². The third-order valence-electron chi connectivity index (χ3n) is 3.48. The van der Waals surface area contributed by atoms with Crippen LogP contribution in [0, 0.1) is 0 Å². The van der Waals surface area contributed by atoms with Crippen LogP contribution in [0.3, 0.4) is 0 Å². The smallest absolute Gasteiger partial charge is 0.0849 e. The third kappa shape index (κ3) is 3.92. The summed E-state index contributed by atoms with van der Waals surface area (Å²) in [6, 6.07) is 18.4. The van der Waals surface area contributed by atoms with Gasteiger partial charge in [0.25, 0.3) is 0 Å². The van der Waals surface area contributed by atoms with Crippen molar-refractivity contribution in [2.75, 3.05) is 27.7 Å². The summed E-state index contributed by atoms with van der Waals surface area (Å²) < 4.78 is 0.866. The fourth-order valence-corrected chi connectivity index (χ4v) is 2.33. The van der Waals surface area contributed by atoms with Gasteiger partial charge in [-0.2, -0.15) is 0 Å². The number of quaternary nitrogens is 1. The molecule has 1 N–H and O–H groups in total. The molecule has 0 amide bonds. The van der Waals surface area contributed by atoms with E-state index in [0.717, 1.165) is 34.1 Å². The highest BCUT2D eigenvalue weighted by molar-refractivity contribution is 5.67. The Hall–Kier alpha value is -1.64. The van der Waals surface area contributed by atoms with Crippen molar-refractivity contribution in [3.8, 4) is 11.1 Å². The highest BCUT2D eigenvalue weighted by atomic mass is 16.3. The van der Waals surface area contributed by atoms with Crippen LogP contribution in [0.1, 0.15) is 18.1 Å². The van der Waals surface area contributed by atoms with Crippen LogP contribution < -0.4 is 0 Å².